The molecule has 0 bridgehead atoms. The summed E-state index contributed by atoms with van der Waals surface area (Å²) in [5.41, 5.74) is 2.16. The van der Waals surface area contributed by atoms with Gasteiger partial charge in [0.15, 0.2) is 23.7 Å². The van der Waals surface area contributed by atoms with Crippen molar-refractivity contribution >= 4 is 40.4 Å². The highest BCUT2D eigenvalue weighted by Gasteiger charge is 2.18. The van der Waals surface area contributed by atoms with E-state index in [0.717, 1.165) is 11.8 Å². The van der Waals surface area contributed by atoms with Crippen LogP contribution in [0.2, 0.25) is 0 Å². The third-order valence-electron chi connectivity index (χ3n) is 4.65. The lowest BCUT2D eigenvalue weighted by molar-refractivity contribution is -0.113. The molecular weight excluding hydrogens is 446 g/mol. The fourth-order valence-corrected chi connectivity index (χ4v) is 3.94. The molecule has 0 saturated heterocycles. The van der Waals surface area contributed by atoms with E-state index in [9.17, 15) is 9.59 Å². The summed E-state index contributed by atoms with van der Waals surface area (Å²) in [7, 11) is 0. The molecule has 0 unspecified atom stereocenters. The Morgan fingerprint density at radius 3 is 2.85 bits per heavy atom. The van der Waals surface area contributed by atoms with E-state index in [4.69, 9.17) is 18.6 Å². The summed E-state index contributed by atoms with van der Waals surface area (Å²) >= 11 is 1.13. The minimum atomic E-state index is -0.580. The van der Waals surface area contributed by atoms with E-state index in [1.165, 1.54) is 0 Å². The van der Waals surface area contributed by atoms with Crippen molar-refractivity contribution in [2.45, 2.75) is 11.6 Å². The molecule has 1 aliphatic heterocycles. The van der Waals surface area contributed by atoms with Crippen molar-refractivity contribution in [3.05, 3.63) is 72.2 Å². The second kappa shape index (κ2) is 9.21. The van der Waals surface area contributed by atoms with E-state index in [-0.39, 0.29) is 30.6 Å². The van der Waals surface area contributed by atoms with Crippen molar-refractivity contribution in [1.82, 2.24) is 9.97 Å². The lowest BCUT2D eigenvalue weighted by atomic mass is 10.3. The maximum Gasteiger partial charge on any atom is 0.341 e. The molecule has 5 rings (SSSR count). The summed E-state index contributed by atoms with van der Waals surface area (Å²) in [5.74, 6) is 0.729. The Morgan fingerprint density at radius 2 is 1.94 bits per heavy atom. The van der Waals surface area contributed by atoms with Crippen LogP contribution in [-0.2, 0) is 16.1 Å². The second-order valence-electron chi connectivity index (χ2n) is 6.91. The van der Waals surface area contributed by atoms with Gasteiger partial charge in [0.2, 0.25) is 18.6 Å². The van der Waals surface area contributed by atoms with Crippen molar-refractivity contribution in [3.63, 3.8) is 0 Å². The number of thioether (sulfide) groups is 1. The van der Waals surface area contributed by atoms with Crippen LogP contribution in [0.25, 0.3) is 11.1 Å². The number of fused-ring (bicyclic) bond motifs is 2. The molecule has 33 heavy (non-hydrogen) atoms. The quantitative estimate of drug-likeness (QED) is 0.320. The highest BCUT2D eigenvalue weighted by Crippen LogP contribution is 2.34. The van der Waals surface area contributed by atoms with Gasteiger partial charge in [0.05, 0.1) is 11.3 Å². The first-order valence-electron chi connectivity index (χ1n) is 9.94. The number of nitrogens with one attached hydrogen (secondary N) is 1. The maximum absolute atomic E-state index is 12.6. The van der Waals surface area contributed by atoms with Gasteiger partial charge in [-0.1, -0.05) is 23.9 Å². The third kappa shape index (κ3) is 4.75. The molecule has 0 fully saturated rings. The van der Waals surface area contributed by atoms with Gasteiger partial charge in [0.1, 0.15) is 10.5 Å². The van der Waals surface area contributed by atoms with Gasteiger partial charge in [0.25, 0.3) is 0 Å². The molecular formula is C23H17N3O6S. The number of anilines is 1. The molecule has 0 atom stereocenters. The van der Waals surface area contributed by atoms with E-state index < -0.39 is 5.97 Å². The van der Waals surface area contributed by atoms with Gasteiger partial charge in [-0.2, -0.15) is 0 Å². The van der Waals surface area contributed by atoms with Crippen molar-refractivity contribution in [1.29, 1.82) is 0 Å². The minimum absolute atomic E-state index is 0.0524. The number of rotatable bonds is 7. The number of aromatic nitrogens is 2. The molecule has 1 amide bonds. The molecule has 9 nitrogen and oxygen atoms in total. The van der Waals surface area contributed by atoms with Crippen LogP contribution < -0.4 is 14.8 Å². The molecule has 0 radical (unpaired) electrons. The molecule has 2 aromatic carbocycles. The van der Waals surface area contributed by atoms with Gasteiger partial charge < -0.3 is 23.9 Å². The number of nitrogens with zero attached hydrogens (tertiary/aromatic N) is 2. The topological polar surface area (TPSA) is 113 Å². The lowest BCUT2D eigenvalue weighted by Crippen LogP contribution is -2.15. The van der Waals surface area contributed by atoms with Crippen molar-refractivity contribution in [3.8, 4) is 11.5 Å². The Labute approximate surface area is 192 Å². The number of amides is 1. The molecule has 1 aliphatic rings. The molecule has 1 N–H and O–H groups in total. The normalized spacial score (nSPS) is 12.0. The number of ether oxygens (including phenoxy) is 3. The number of carbonyl (C=O) groups excluding carboxylic acids is 2. The van der Waals surface area contributed by atoms with E-state index in [1.54, 1.807) is 42.6 Å². The molecule has 0 aliphatic carbocycles. The van der Waals surface area contributed by atoms with Crippen LogP contribution in [0, 0.1) is 0 Å². The number of para-hydroxylation sites is 2. The molecule has 166 valence electrons. The van der Waals surface area contributed by atoms with Gasteiger partial charge in [-0.05, 0) is 36.4 Å². The smallest absolute Gasteiger partial charge is 0.341 e. The molecule has 0 spiro atoms. The fraction of sp³-hybridized carbons (Fsp3) is 0.130. The maximum atomic E-state index is 12.6. The Balaban J connectivity index is 1.19. The first-order chi connectivity index (χ1) is 16.2. The Bertz CT molecular complexity index is 1310. The van der Waals surface area contributed by atoms with Crippen LogP contribution in [0.15, 0.2) is 70.2 Å². The predicted molar refractivity (Wildman–Crippen MR) is 119 cm³/mol. The van der Waals surface area contributed by atoms with Gasteiger partial charge in [0, 0.05) is 18.0 Å². The predicted octanol–water partition coefficient (Wildman–Crippen LogP) is 4.04. The Hall–Kier alpha value is -4.05. The average molecular weight is 463 g/mol. The van der Waals surface area contributed by atoms with Gasteiger partial charge in [-0.25, -0.2) is 14.8 Å². The summed E-state index contributed by atoms with van der Waals surface area (Å²) in [6.07, 6.45) is 1.55. The summed E-state index contributed by atoms with van der Waals surface area (Å²) in [6.45, 7) is 0.0463. The zero-order chi connectivity index (χ0) is 22.6. The molecule has 10 heteroatoms. The van der Waals surface area contributed by atoms with E-state index in [1.807, 2.05) is 18.2 Å². The number of hydrogen-bond acceptors (Lipinski definition) is 9. The first kappa shape index (κ1) is 20.8. The number of esters is 1. The van der Waals surface area contributed by atoms with Crippen LogP contribution in [0.5, 0.6) is 11.5 Å². The zero-order valence-corrected chi connectivity index (χ0v) is 18.0. The monoisotopic (exact) mass is 463 g/mol. The lowest BCUT2D eigenvalue weighted by Gasteiger charge is -2.08. The summed E-state index contributed by atoms with van der Waals surface area (Å²) in [4.78, 5) is 33.5. The van der Waals surface area contributed by atoms with Gasteiger partial charge >= 0.3 is 5.97 Å². The standard InChI is InChI=1S/C23H17N3O6S/c27-20(25-14-7-8-18-19(10-14)31-13-30-18)12-33-22-15(4-3-9-24-22)23(28)29-11-21-26-16-5-1-2-6-17(16)32-21/h1-10H,11-13H2,(H,25,27). The first-order valence-corrected chi connectivity index (χ1v) is 10.9. The van der Waals surface area contributed by atoms with Crippen LogP contribution >= 0.6 is 11.8 Å². The summed E-state index contributed by atoms with van der Waals surface area (Å²) < 4.78 is 21.5. The Morgan fingerprint density at radius 1 is 1.06 bits per heavy atom. The van der Waals surface area contributed by atoms with Crippen LogP contribution in [0.1, 0.15) is 16.2 Å². The van der Waals surface area contributed by atoms with Gasteiger partial charge in [-0.3, -0.25) is 4.79 Å². The molecule has 2 aromatic heterocycles. The van der Waals surface area contributed by atoms with Crippen molar-refractivity contribution in [2.75, 3.05) is 17.9 Å². The van der Waals surface area contributed by atoms with Gasteiger partial charge in [-0.15, -0.1) is 0 Å². The largest absolute Gasteiger partial charge is 0.454 e. The van der Waals surface area contributed by atoms with Crippen LogP contribution in [0.4, 0.5) is 5.69 Å². The number of benzene rings is 2. The summed E-state index contributed by atoms with van der Waals surface area (Å²) in [5, 5.41) is 3.18. The zero-order valence-electron chi connectivity index (χ0n) is 17.1. The van der Waals surface area contributed by atoms with Crippen LogP contribution in [0.3, 0.4) is 0 Å². The molecule has 3 heterocycles. The van der Waals surface area contributed by atoms with Crippen molar-refractivity contribution in [2.24, 2.45) is 0 Å². The average Bonchev–Trinajstić information content (AvgIpc) is 3.47. The van der Waals surface area contributed by atoms with E-state index in [2.05, 4.69) is 15.3 Å². The molecule has 4 aromatic rings. The SMILES string of the molecule is O=C(CSc1ncccc1C(=O)OCc1nc2ccccc2o1)Nc1ccc2c(c1)OCO2. The minimum Gasteiger partial charge on any atom is -0.454 e. The highest BCUT2D eigenvalue weighted by atomic mass is 32.2. The third-order valence-corrected chi connectivity index (χ3v) is 5.66. The van der Waals surface area contributed by atoms with Crippen LogP contribution in [-0.4, -0.2) is 34.4 Å². The Kier molecular flexibility index (Phi) is 5.81. The number of pyridine rings is 1. The molecule has 0 saturated carbocycles. The van der Waals surface area contributed by atoms with Crippen molar-refractivity contribution < 1.29 is 28.2 Å². The number of carbonyl (C=O) groups is 2. The highest BCUT2D eigenvalue weighted by molar-refractivity contribution is 8.00. The van der Waals surface area contributed by atoms with E-state index in [0.29, 0.717) is 39.2 Å². The fourth-order valence-electron chi connectivity index (χ4n) is 3.15. The van der Waals surface area contributed by atoms with E-state index >= 15 is 0 Å². The second-order valence-corrected chi connectivity index (χ2v) is 7.88. The number of oxazole rings is 1. The number of hydrogen-bond donors (Lipinski definition) is 1. The summed E-state index contributed by atoms with van der Waals surface area (Å²) in [6, 6.07) is 15.7.